The summed E-state index contributed by atoms with van der Waals surface area (Å²) < 4.78 is 0. The lowest BCUT2D eigenvalue weighted by Gasteiger charge is -2.50. The van der Waals surface area contributed by atoms with Gasteiger partial charge in [0.25, 0.3) is 0 Å². The van der Waals surface area contributed by atoms with Gasteiger partial charge in [0.15, 0.2) is 0 Å². The van der Waals surface area contributed by atoms with Crippen LogP contribution in [-0.2, 0) is 0 Å². The van der Waals surface area contributed by atoms with Gasteiger partial charge in [-0.05, 0) is 5.54 Å². The summed E-state index contributed by atoms with van der Waals surface area (Å²) in [6.45, 7) is 17.6. The Hall–Kier alpha value is -0.308. The summed E-state index contributed by atoms with van der Waals surface area (Å²) >= 11 is 0. The second-order valence-corrected chi connectivity index (χ2v) is 13.6. The summed E-state index contributed by atoms with van der Waals surface area (Å²) in [7, 11) is -3.18. The van der Waals surface area contributed by atoms with Crippen LogP contribution in [0.25, 0.3) is 0 Å². The van der Waals surface area contributed by atoms with E-state index in [1.54, 1.807) is 6.92 Å². The van der Waals surface area contributed by atoms with E-state index in [2.05, 4.69) is 54.5 Å². The number of nitriles is 1. The molecule has 0 amide bonds. The van der Waals surface area contributed by atoms with E-state index in [0.29, 0.717) is 16.6 Å². The van der Waals surface area contributed by atoms with Crippen molar-refractivity contribution in [1.82, 2.24) is 0 Å². The first-order valence-corrected chi connectivity index (χ1v) is 10.1. The Kier molecular flexibility index (Phi) is 7.51. The molecule has 0 rings (SSSR count). The monoisotopic (exact) mass is 297 g/mol. The predicted octanol–water partition coefficient (Wildman–Crippen LogP) is 4.06. The van der Waals surface area contributed by atoms with E-state index >= 15 is 0 Å². The lowest BCUT2D eigenvalue weighted by atomic mass is 9.66. The summed E-state index contributed by atoms with van der Waals surface area (Å²) in [5.74, 6) is -0.702. The first-order valence-electron chi connectivity index (χ1n) is 7.80. The minimum absolute atomic E-state index is 0.240. The molecule has 0 aliphatic rings. The third-order valence-electron chi connectivity index (χ3n) is 5.51. The van der Waals surface area contributed by atoms with Crippen LogP contribution >= 0.6 is 0 Å². The van der Waals surface area contributed by atoms with Gasteiger partial charge < -0.3 is 10.0 Å². The average Bonchev–Trinajstić information content (AvgIpc) is 2.28. The summed E-state index contributed by atoms with van der Waals surface area (Å²) in [5.41, 5.74) is 1.94. The molecule has 0 saturated heterocycles. The van der Waals surface area contributed by atoms with Gasteiger partial charge in [-0.25, -0.2) is 0 Å². The van der Waals surface area contributed by atoms with E-state index in [9.17, 15) is 15.3 Å². The molecule has 116 valence electrons. The zero-order chi connectivity index (χ0) is 16.2. The molecule has 0 fully saturated rings. The van der Waals surface area contributed by atoms with Gasteiger partial charge in [-0.1, -0.05) is 72.0 Å². The van der Waals surface area contributed by atoms with Crippen molar-refractivity contribution in [3.63, 3.8) is 0 Å². The number of hydrogen-bond acceptors (Lipinski definition) is 3. The Bertz CT molecular complexity index is 317. The highest BCUT2D eigenvalue weighted by Gasteiger charge is 2.51. The molecule has 0 aliphatic carbocycles. The molecule has 3 atom stereocenters. The van der Waals surface area contributed by atoms with Gasteiger partial charge in [-0.15, -0.1) is 0 Å². The third-order valence-corrected chi connectivity index (χ3v) is 13.4. The second kappa shape index (κ2) is 7.63. The Morgan fingerprint density at radius 2 is 1.20 bits per heavy atom. The standard InChI is InChI=1S/C15H32BNO2Si/c1-10(2)20(11(3)4,12(5)6)14(8)15(9-17)13(7)16(18)19/h10-15,18-19H,1-8H3. The van der Waals surface area contributed by atoms with Crippen molar-refractivity contribution in [2.45, 2.75) is 83.4 Å². The number of rotatable bonds is 7. The van der Waals surface area contributed by atoms with Crippen LogP contribution in [0, 0.1) is 17.2 Å². The fourth-order valence-electron chi connectivity index (χ4n) is 4.76. The van der Waals surface area contributed by atoms with E-state index in [1.807, 2.05) is 0 Å². The van der Waals surface area contributed by atoms with Crippen LogP contribution in [0.15, 0.2) is 0 Å². The molecule has 5 heteroatoms. The summed E-state index contributed by atoms with van der Waals surface area (Å²) in [4.78, 5) is 0. The molecule has 0 aromatic carbocycles. The van der Waals surface area contributed by atoms with Crippen LogP contribution in [0.2, 0.25) is 28.0 Å². The quantitative estimate of drug-likeness (QED) is 0.696. The third kappa shape index (κ3) is 3.47. The van der Waals surface area contributed by atoms with Gasteiger partial charge in [0, 0.05) is 11.7 Å². The fraction of sp³-hybridized carbons (Fsp3) is 0.933. The molecule has 0 radical (unpaired) electrons. The van der Waals surface area contributed by atoms with Gasteiger partial charge in [0.05, 0.1) is 14.1 Å². The van der Waals surface area contributed by atoms with E-state index in [-0.39, 0.29) is 11.5 Å². The van der Waals surface area contributed by atoms with Gasteiger partial charge in [-0.3, -0.25) is 0 Å². The van der Waals surface area contributed by atoms with Crippen molar-refractivity contribution >= 4 is 15.2 Å². The fourth-order valence-corrected chi connectivity index (χ4v) is 12.9. The van der Waals surface area contributed by atoms with Gasteiger partial charge >= 0.3 is 7.12 Å². The zero-order valence-electron chi connectivity index (χ0n) is 14.4. The first-order chi connectivity index (χ1) is 9.04. The summed E-state index contributed by atoms with van der Waals surface area (Å²) in [6, 6.07) is 2.37. The normalized spacial score (nSPS) is 17.2. The average molecular weight is 297 g/mol. The van der Waals surface area contributed by atoms with E-state index in [4.69, 9.17) is 0 Å². The number of nitrogens with zero attached hydrogens (tertiary/aromatic N) is 1. The molecule has 20 heavy (non-hydrogen) atoms. The first kappa shape index (κ1) is 19.7. The van der Waals surface area contributed by atoms with Crippen LogP contribution in [0.3, 0.4) is 0 Å². The van der Waals surface area contributed by atoms with Gasteiger partial charge in [0.1, 0.15) is 0 Å². The van der Waals surface area contributed by atoms with Crippen molar-refractivity contribution in [2.24, 2.45) is 5.92 Å². The van der Waals surface area contributed by atoms with Crippen LogP contribution in [0.5, 0.6) is 0 Å². The highest BCUT2D eigenvalue weighted by Crippen LogP contribution is 2.53. The molecule has 3 nitrogen and oxygen atoms in total. The summed E-state index contributed by atoms with van der Waals surface area (Å²) in [6.07, 6.45) is 0. The molecule has 0 aromatic heterocycles. The van der Waals surface area contributed by atoms with E-state index < -0.39 is 21.0 Å². The molecule has 2 N–H and O–H groups in total. The Morgan fingerprint density at radius 1 is 0.850 bits per heavy atom. The highest BCUT2D eigenvalue weighted by atomic mass is 28.3. The predicted molar refractivity (Wildman–Crippen MR) is 89.2 cm³/mol. The van der Waals surface area contributed by atoms with Crippen LogP contribution in [0.1, 0.15) is 55.4 Å². The maximum atomic E-state index is 9.57. The maximum absolute atomic E-state index is 9.57. The minimum atomic E-state index is -1.77. The highest BCUT2D eigenvalue weighted by molar-refractivity contribution is 6.84. The minimum Gasteiger partial charge on any atom is -0.427 e. The van der Waals surface area contributed by atoms with Crippen molar-refractivity contribution in [1.29, 1.82) is 5.26 Å². The molecular formula is C15H32BNO2Si. The van der Waals surface area contributed by atoms with E-state index in [0.717, 1.165) is 0 Å². The molecule has 0 bridgehead atoms. The van der Waals surface area contributed by atoms with Crippen LogP contribution in [0.4, 0.5) is 0 Å². The second-order valence-electron chi connectivity index (χ2n) is 7.18. The Morgan fingerprint density at radius 3 is 1.40 bits per heavy atom. The lowest BCUT2D eigenvalue weighted by Crippen LogP contribution is -2.51. The smallest absolute Gasteiger partial charge is 0.427 e. The SMILES string of the molecule is CC(B(O)O)C(C#N)C(C)[Si](C(C)C)(C(C)C)C(C)C. The molecule has 0 aromatic rings. The van der Waals surface area contributed by atoms with Crippen LogP contribution in [-0.4, -0.2) is 25.2 Å². The molecule has 0 spiro atoms. The molecule has 0 saturated carbocycles. The maximum Gasteiger partial charge on any atom is 0.455 e. The lowest BCUT2D eigenvalue weighted by molar-refractivity contribution is 0.366. The van der Waals surface area contributed by atoms with Crippen molar-refractivity contribution in [3.8, 4) is 6.07 Å². The largest absolute Gasteiger partial charge is 0.455 e. The molecule has 0 heterocycles. The molecular weight excluding hydrogens is 265 g/mol. The topological polar surface area (TPSA) is 64.2 Å². The molecule has 3 unspecified atom stereocenters. The number of hydrogen-bond donors (Lipinski definition) is 2. The van der Waals surface area contributed by atoms with Crippen molar-refractivity contribution in [2.75, 3.05) is 0 Å². The van der Waals surface area contributed by atoms with Crippen molar-refractivity contribution in [3.05, 3.63) is 0 Å². The van der Waals surface area contributed by atoms with Gasteiger partial charge in [0.2, 0.25) is 0 Å². The van der Waals surface area contributed by atoms with Crippen molar-refractivity contribution < 1.29 is 10.0 Å². The molecule has 0 aliphatic heterocycles. The zero-order valence-corrected chi connectivity index (χ0v) is 15.4. The van der Waals surface area contributed by atoms with Gasteiger partial charge in [-0.2, -0.15) is 5.26 Å². The Balaban J connectivity index is 5.76. The Labute approximate surface area is 126 Å². The summed E-state index contributed by atoms with van der Waals surface area (Å²) in [5, 5.41) is 28.5. The van der Waals surface area contributed by atoms with Crippen LogP contribution < -0.4 is 0 Å². The van der Waals surface area contributed by atoms with E-state index in [1.165, 1.54) is 0 Å².